The van der Waals surface area contributed by atoms with E-state index in [0.717, 1.165) is 47.5 Å². The Morgan fingerprint density at radius 2 is 2.16 bits per heavy atom. The molecule has 126 valence electrons. The van der Waals surface area contributed by atoms with E-state index in [0.29, 0.717) is 15.4 Å². The number of anilines is 1. The van der Waals surface area contributed by atoms with Crippen LogP contribution in [0.15, 0.2) is 16.8 Å². The summed E-state index contributed by atoms with van der Waals surface area (Å²) in [5.41, 5.74) is 3.55. The van der Waals surface area contributed by atoms with Crippen LogP contribution in [0, 0.1) is 18.3 Å². The highest BCUT2D eigenvalue weighted by Gasteiger charge is 2.23. The van der Waals surface area contributed by atoms with E-state index < -0.39 is 0 Å². The Kier molecular flexibility index (Phi) is 4.42. The lowest BCUT2D eigenvalue weighted by molar-refractivity contribution is 0.103. The van der Waals surface area contributed by atoms with Crippen LogP contribution in [0.3, 0.4) is 0 Å². The van der Waals surface area contributed by atoms with Gasteiger partial charge in [0.1, 0.15) is 21.0 Å². The predicted molar refractivity (Wildman–Crippen MR) is 104 cm³/mol. The molecule has 4 nitrogen and oxygen atoms in total. The molecule has 3 aromatic rings. The summed E-state index contributed by atoms with van der Waals surface area (Å²) in [7, 11) is 0. The molecule has 0 saturated heterocycles. The summed E-state index contributed by atoms with van der Waals surface area (Å²) in [6, 6.07) is 4.29. The number of aromatic nitrogens is 1. The van der Waals surface area contributed by atoms with Crippen LogP contribution in [-0.4, -0.2) is 10.9 Å². The Balaban J connectivity index is 1.63. The predicted octanol–water partition coefficient (Wildman–Crippen LogP) is 5.24. The zero-order valence-corrected chi connectivity index (χ0v) is 16.0. The molecule has 1 N–H and O–H groups in total. The topological polar surface area (TPSA) is 65.8 Å². The van der Waals surface area contributed by atoms with Gasteiger partial charge in [0.05, 0.1) is 11.3 Å². The van der Waals surface area contributed by atoms with Crippen molar-refractivity contribution in [1.29, 1.82) is 5.26 Å². The first-order valence-corrected chi connectivity index (χ1v) is 10.6. The van der Waals surface area contributed by atoms with Crippen molar-refractivity contribution in [1.82, 2.24) is 4.98 Å². The molecule has 1 amide bonds. The molecule has 1 aliphatic rings. The number of thiophene rings is 2. The van der Waals surface area contributed by atoms with E-state index in [1.54, 1.807) is 22.7 Å². The van der Waals surface area contributed by atoms with Gasteiger partial charge in [0.15, 0.2) is 0 Å². The van der Waals surface area contributed by atoms with Crippen molar-refractivity contribution in [2.45, 2.75) is 32.6 Å². The maximum atomic E-state index is 12.8. The van der Waals surface area contributed by atoms with Gasteiger partial charge in [-0.1, -0.05) is 0 Å². The third-order valence-electron chi connectivity index (χ3n) is 4.28. The van der Waals surface area contributed by atoms with Gasteiger partial charge >= 0.3 is 0 Å². The normalized spacial score (nSPS) is 13.3. The molecule has 0 bridgehead atoms. The molecular weight excluding hydrogens is 370 g/mol. The second kappa shape index (κ2) is 6.71. The van der Waals surface area contributed by atoms with E-state index in [-0.39, 0.29) is 5.91 Å². The molecule has 0 saturated carbocycles. The van der Waals surface area contributed by atoms with E-state index in [1.807, 2.05) is 23.8 Å². The molecular formula is C18H15N3OS3. The zero-order valence-electron chi connectivity index (χ0n) is 13.6. The van der Waals surface area contributed by atoms with Crippen LogP contribution < -0.4 is 5.32 Å². The maximum Gasteiger partial charge on any atom is 0.268 e. The molecule has 3 heterocycles. The van der Waals surface area contributed by atoms with Crippen molar-refractivity contribution >= 4 is 44.9 Å². The number of nitriles is 1. The Hall–Kier alpha value is -2.01. The van der Waals surface area contributed by atoms with Crippen LogP contribution in [0.1, 0.15) is 44.2 Å². The minimum Gasteiger partial charge on any atom is -0.312 e. The SMILES string of the molecule is Cc1nc(-c2ccsc2)sc1C(=O)Nc1sc2c(c1C#N)CCCC2. The molecule has 0 radical (unpaired) electrons. The smallest absolute Gasteiger partial charge is 0.268 e. The number of fused-ring (bicyclic) bond motifs is 1. The van der Waals surface area contributed by atoms with Crippen LogP contribution in [0.5, 0.6) is 0 Å². The van der Waals surface area contributed by atoms with Crippen molar-refractivity contribution < 1.29 is 4.79 Å². The lowest BCUT2D eigenvalue weighted by atomic mass is 9.96. The Morgan fingerprint density at radius 3 is 2.92 bits per heavy atom. The van der Waals surface area contributed by atoms with Crippen LogP contribution in [-0.2, 0) is 12.8 Å². The van der Waals surface area contributed by atoms with E-state index in [4.69, 9.17) is 0 Å². The molecule has 7 heteroatoms. The maximum absolute atomic E-state index is 12.8. The Labute approximate surface area is 157 Å². The number of nitrogens with zero attached hydrogens (tertiary/aromatic N) is 2. The number of carbonyl (C=O) groups is 1. The monoisotopic (exact) mass is 385 g/mol. The van der Waals surface area contributed by atoms with Crippen molar-refractivity contribution in [3.05, 3.63) is 43.4 Å². The molecule has 3 aromatic heterocycles. The second-order valence-electron chi connectivity index (χ2n) is 5.93. The number of thiazole rings is 1. The molecule has 0 atom stereocenters. The summed E-state index contributed by atoms with van der Waals surface area (Å²) < 4.78 is 0. The van der Waals surface area contributed by atoms with Crippen LogP contribution >= 0.6 is 34.0 Å². The van der Waals surface area contributed by atoms with Crippen LogP contribution in [0.2, 0.25) is 0 Å². The molecule has 0 aliphatic heterocycles. The molecule has 1 aliphatic carbocycles. The number of aryl methyl sites for hydroxylation is 2. The second-order valence-corrected chi connectivity index (χ2v) is 8.81. The minimum absolute atomic E-state index is 0.174. The molecule has 0 fully saturated rings. The van der Waals surface area contributed by atoms with Crippen LogP contribution in [0.25, 0.3) is 10.6 Å². The van der Waals surface area contributed by atoms with Gasteiger partial charge in [-0.3, -0.25) is 4.79 Å². The van der Waals surface area contributed by atoms with Gasteiger partial charge in [0.25, 0.3) is 5.91 Å². The highest BCUT2D eigenvalue weighted by molar-refractivity contribution is 7.18. The van der Waals surface area contributed by atoms with E-state index in [2.05, 4.69) is 16.4 Å². The third-order valence-corrected chi connectivity index (χ3v) is 7.38. The van der Waals surface area contributed by atoms with Gasteiger partial charge in [-0.15, -0.1) is 22.7 Å². The number of amides is 1. The van der Waals surface area contributed by atoms with Gasteiger partial charge in [-0.2, -0.15) is 16.6 Å². The van der Waals surface area contributed by atoms with Crippen molar-refractivity contribution in [2.75, 3.05) is 5.32 Å². The standard InChI is InChI=1S/C18H15N3OS3/c1-10-15(25-17(20-10)11-6-7-23-9-11)16(22)21-18-13(8-19)12-4-2-3-5-14(12)24-18/h6-7,9H,2-5H2,1H3,(H,21,22). The van der Waals surface area contributed by atoms with E-state index >= 15 is 0 Å². The summed E-state index contributed by atoms with van der Waals surface area (Å²) in [4.78, 5) is 19.1. The van der Waals surface area contributed by atoms with E-state index in [1.165, 1.54) is 16.2 Å². The van der Waals surface area contributed by atoms with Crippen molar-refractivity contribution in [2.24, 2.45) is 0 Å². The molecule has 4 rings (SSSR count). The van der Waals surface area contributed by atoms with Gasteiger partial charge in [0.2, 0.25) is 0 Å². The fourth-order valence-corrected chi connectivity index (χ4v) is 5.96. The number of hydrogen-bond acceptors (Lipinski definition) is 6. The summed E-state index contributed by atoms with van der Waals surface area (Å²) in [6.45, 7) is 1.85. The summed E-state index contributed by atoms with van der Waals surface area (Å²) in [5, 5.41) is 18.1. The Morgan fingerprint density at radius 1 is 1.32 bits per heavy atom. The third kappa shape index (κ3) is 3.01. The number of nitrogens with one attached hydrogen (secondary N) is 1. The first-order valence-electron chi connectivity index (χ1n) is 8.03. The summed E-state index contributed by atoms with van der Waals surface area (Å²) in [6.07, 6.45) is 4.21. The summed E-state index contributed by atoms with van der Waals surface area (Å²) in [5.74, 6) is -0.174. The highest BCUT2D eigenvalue weighted by Crippen LogP contribution is 2.38. The van der Waals surface area contributed by atoms with E-state index in [9.17, 15) is 10.1 Å². The lowest BCUT2D eigenvalue weighted by Crippen LogP contribution is -2.11. The molecule has 0 aromatic carbocycles. The van der Waals surface area contributed by atoms with Gasteiger partial charge in [-0.05, 0) is 49.6 Å². The van der Waals surface area contributed by atoms with Crippen molar-refractivity contribution in [3.63, 3.8) is 0 Å². The average molecular weight is 386 g/mol. The average Bonchev–Trinajstić information content (AvgIpc) is 3.32. The zero-order chi connectivity index (χ0) is 17.4. The molecule has 0 unspecified atom stereocenters. The minimum atomic E-state index is -0.174. The molecule has 25 heavy (non-hydrogen) atoms. The van der Waals surface area contributed by atoms with Crippen LogP contribution in [0.4, 0.5) is 5.00 Å². The molecule has 0 spiro atoms. The largest absolute Gasteiger partial charge is 0.312 e. The lowest BCUT2D eigenvalue weighted by Gasteiger charge is -2.09. The Bertz CT molecular complexity index is 976. The van der Waals surface area contributed by atoms with Crippen molar-refractivity contribution in [3.8, 4) is 16.6 Å². The first kappa shape index (κ1) is 16.5. The highest BCUT2D eigenvalue weighted by atomic mass is 32.1. The number of carbonyl (C=O) groups excluding carboxylic acids is 1. The fraction of sp³-hybridized carbons (Fsp3) is 0.278. The van der Waals surface area contributed by atoms with Gasteiger partial charge < -0.3 is 5.32 Å². The summed E-state index contributed by atoms with van der Waals surface area (Å²) >= 11 is 4.56. The quantitative estimate of drug-likeness (QED) is 0.670. The number of rotatable bonds is 3. The number of hydrogen-bond donors (Lipinski definition) is 1. The van der Waals surface area contributed by atoms with Gasteiger partial charge in [0, 0.05) is 15.8 Å². The first-order chi connectivity index (χ1) is 12.2. The van der Waals surface area contributed by atoms with Gasteiger partial charge in [-0.25, -0.2) is 4.98 Å². The fourth-order valence-electron chi connectivity index (χ4n) is 3.05.